The highest BCUT2D eigenvalue weighted by molar-refractivity contribution is 5.77. The molecular weight excluding hydrogens is 212 g/mol. The molecule has 1 fully saturated rings. The molecule has 2 N–H and O–H groups in total. The molecule has 0 aromatic rings. The molecule has 0 unspecified atom stereocenters. The molecule has 1 aliphatic carbocycles. The highest BCUT2D eigenvalue weighted by Gasteiger charge is 2.21. The SMILES string of the molecule is CC(C)C(CNCC(=O)NCC1CC1)C(C)C. The highest BCUT2D eigenvalue weighted by atomic mass is 16.1. The van der Waals surface area contributed by atoms with Gasteiger partial charge in [0.25, 0.3) is 0 Å². The van der Waals surface area contributed by atoms with E-state index in [-0.39, 0.29) is 5.91 Å². The minimum atomic E-state index is 0.142. The van der Waals surface area contributed by atoms with Gasteiger partial charge in [-0.2, -0.15) is 0 Å². The monoisotopic (exact) mass is 240 g/mol. The Morgan fingerprint density at radius 2 is 1.76 bits per heavy atom. The van der Waals surface area contributed by atoms with Gasteiger partial charge in [-0.25, -0.2) is 0 Å². The fourth-order valence-corrected chi connectivity index (χ4v) is 2.24. The molecule has 1 rings (SSSR count). The van der Waals surface area contributed by atoms with Crippen molar-refractivity contribution in [2.75, 3.05) is 19.6 Å². The van der Waals surface area contributed by atoms with Crippen molar-refractivity contribution in [3.8, 4) is 0 Å². The summed E-state index contributed by atoms with van der Waals surface area (Å²) in [5.41, 5.74) is 0. The van der Waals surface area contributed by atoms with Gasteiger partial charge in [0.2, 0.25) is 5.91 Å². The van der Waals surface area contributed by atoms with Crippen molar-refractivity contribution in [1.82, 2.24) is 10.6 Å². The summed E-state index contributed by atoms with van der Waals surface area (Å²) in [6.07, 6.45) is 2.58. The second-order valence-corrected chi connectivity index (χ2v) is 6.03. The first-order valence-electron chi connectivity index (χ1n) is 6.98. The average molecular weight is 240 g/mol. The Morgan fingerprint density at radius 1 is 1.18 bits per heavy atom. The summed E-state index contributed by atoms with van der Waals surface area (Å²) >= 11 is 0. The number of nitrogens with one attached hydrogen (secondary N) is 2. The van der Waals surface area contributed by atoms with Gasteiger partial charge in [0, 0.05) is 6.54 Å². The van der Waals surface area contributed by atoms with E-state index in [1.165, 1.54) is 12.8 Å². The topological polar surface area (TPSA) is 41.1 Å². The molecule has 0 aromatic heterocycles. The first kappa shape index (κ1) is 14.5. The summed E-state index contributed by atoms with van der Waals surface area (Å²) < 4.78 is 0. The van der Waals surface area contributed by atoms with Crippen LogP contribution in [0.4, 0.5) is 0 Å². The van der Waals surface area contributed by atoms with Crippen molar-refractivity contribution in [2.45, 2.75) is 40.5 Å². The number of hydrogen-bond acceptors (Lipinski definition) is 2. The van der Waals surface area contributed by atoms with E-state index in [1.807, 2.05) is 0 Å². The van der Waals surface area contributed by atoms with E-state index < -0.39 is 0 Å². The number of carbonyl (C=O) groups is 1. The van der Waals surface area contributed by atoms with Crippen LogP contribution in [0.15, 0.2) is 0 Å². The van der Waals surface area contributed by atoms with Gasteiger partial charge in [-0.3, -0.25) is 4.79 Å². The molecule has 0 radical (unpaired) electrons. The molecule has 1 amide bonds. The van der Waals surface area contributed by atoms with E-state index in [0.29, 0.717) is 24.3 Å². The van der Waals surface area contributed by atoms with Crippen LogP contribution in [0, 0.1) is 23.7 Å². The largest absolute Gasteiger partial charge is 0.355 e. The van der Waals surface area contributed by atoms with Crippen LogP contribution in [-0.4, -0.2) is 25.5 Å². The van der Waals surface area contributed by atoms with Gasteiger partial charge in [-0.05, 0) is 43.1 Å². The van der Waals surface area contributed by atoms with Gasteiger partial charge < -0.3 is 10.6 Å². The third-order valence-electron chi connectivity index (χ3n) is 3.66. The summed E-state index contributed by atoms with van der Waals surface area (Å²) in [7, 11) is 0. The van der Waals surface area contributed by atoms with E-state index in [2.05, 4.69) is 38.3 Å². The fraction of sp³-hybridized carbons (Fsp3) is 0.929. The quantitative estimate of drug-likeness (QED) is 0.681. The third kappa shape index (κ3) is 6.06. The Kier molecular flexibility index (Phi) is 5.96. The van der Waals surface area contributed by atoms with Crippen molar-refractivity contribution >= 4 is 5.91 Å². The van der Waals surface area contributed by atoms with Crippen molar-refractivity contribution in [3.63, 3.8) is 0 Å². The predicted molar refractivity (Wildman–Crippen MR) is 71.8 cm³/mol. The van der Waals surface area contributed by atoms with Crippen molar-refractivity contribution in [1.29, 1.82) is 0 Å². The number of amides is 1. The Labute approximate surface area is 106 Å². The molecule has 0 atom stereocenters. The maximum absolute atomic E-state index is 11.5. The molecule has 100 valence electrons. The second kappa shape index (κ2) is 7.00. The lowest BCUT2D eigenvalue weighted by Crippen LogP contribution is -2.38. The molecule has 0 saturated heterocycles. The predicted octanol–water partition coefficient (Wildman–Crippen LogP) is 2.03. The summed E-state index contributed by atoms with van der Waals surface area (Å²) in [5.74, 6) is 2.88. The normalized spacial score (nSPS) is 15.9. The van der Waals surface area contributed by atoms with Crippen LogP contribution in [0.5, 0.6) is 0 Å². The zero-order valence-electron chi connectivity index (χ0n) is 11.8. The molecule has 0 aromatic carbocycles. The van der Waals surface area contributed by atoms with Crippen molar-refractivity contribution < 1.29 is 4.79 Å². The number of carbonyl (C=O) groups excluding carboxylic acids is 1. The standard InChI is InChI=1S/C14H28N2O/c1-10(2)13(11(3)4)8-15-9-14(17)16-7-12-5-6-12/h10-13,15H,5-9H2,1-4H3,(H,16,17). The molecule has 1 aliphatic rings. The van der Waals surface area contributed by atoms with E-state index in [0.717, 1.165) is 19.0 Å². The molecule has 3 heteroatoms. The Balaban J connectivity index is 2.09. The molecule has 1 saturated carbocycles. The molecule has 3 nitrogen and oxygen atoms in total. The van der Waals surface area contributed by atoms with Crippen LogP contribution in [0.1, 0.15) is 40.5 Å². The molecule has 17 heavy (non-hydrogen) atoms. The Hall–Kier alpha value is -0.570. The Morgan fingerprint density at radius 3 is 2.24 bits per heavy atom. The molecule has 0 heterocycles. The lowest BCUT2D eigenvalue weighted by Gasteiger charge is -2.25. The fourth-order valence-electron chi connectivity index (χ4n) is 2.24. The lowest BCUT2D eigenvalue weighted by molar-refractivity contribution is -0.120. The van der Waals surface area contributed by atoms with Crippen LogP contribution in [0.2, 0.25) is 0 Å². The summed E-state index contributed by atoms with van der Waals surface area (Å²) in [6.45, 7) is 11.3. The molecule has 0 aliphatic heterocycles. The number of hydrogen-bond donors (Lipinski definition) is 2. The average Bonchev–Trinajstić information content (AvgIpc) is 3.04. The van der Waals surface area contributed by atoms with Gasteiger partial charge >= 0.3 is 0 Å². The smallest absolute Gasteiger partial charge is 0.233 e. The minimum Gasteiger partial charge on any atom is -0.355 e. The maximum Gasteiger partial charge on any atom is 0.233 e. The molecule has 0 bridgehead atoms. The zero-order valence-corrected chi connectivity index (χ0v) is 11.8. The van der Waals surface area contributed by atoms with E-state index in [4.69, 9.17) is 0 Å². The summed E-state index contributed by atoms with van der Waals surface area (Å²) in [4.78, 5) is 11.5. The van der Waals surface area contributed by atoms with Gasteiger partial charge in [0.15, 0.2) is 0 Å². The highest BCUT2D eigenvalue weighted by Crippen LogP contribution is 2.27. The summed E-state index contributed by atoms with van der Waals surface area (Å²) in [6, 6.07) is 0. The Bertz CT molecular complexity index is 226. The van der Waals surface area contributed by atoms with Crippen LogP contribution in [0.25, 0.3) is 0 Å². The van der Waals surface area contributed by atoms with Crippen LogP contribution in [-0.2, 0) is 4.79 Å². The third-order valence-corrected chi connectivity index (χ3v) is 3.66. The van der Waals surface area contributed by atoms with Crippen LogP contribution < -0.4 is 10.6 Å². The van der Waals surface area contributed by atoms with Crippen molar-refractivity contribution in [3.05, 3.63) is 0 Å². The van der Waals surface area contributed by atoms with Gasteiger partial charge in [0.05, 0.1) is 6.54 Å². The minimum absolute atomic E-state index is 0.142. The first-order chi connectivity index (χ1) is 8.00. The van der Waals surface area contributed by atoms with Crippen molar-refractivity contribution in [2.24, 2.45) is 23.7 Å². The van der Waals surface area contributed by atoms with E-state index >= 15 is 0 Å². The van der Waals surface area contributed by atoms with Gasteiger partial charge in [0.1, 0.15) is 0 Å². The summed E-state index contributed by atoms with van der Waals surface area (Å²) in [5, 5.41) is 6.26. The van der Waals surface area contributed by atoms with Crippen LogP contribution >= 0.6 is 0 Å². The zero-order chi connectivity index (χ0) is 12.8. The maximum atomic E-state index is 11.5. The van der Waals surface area contributed by atoms with Gasteiger partial charge in [-0.1, -0.05) is 27.7 Å². The number of rotatable bonds is 8. The van der Waals surface area contributed by atoms with E-state index in [9.17, 15) is 4.79 Å². The van der Waals surface area contributed by atoms with E-state index in [1.54, 1.807) is 0 Å². The first-order valence-corrected chi connectivity index (χ1v) is 6.98. The molecule has 0 spiro atoms. The molecular formula is C14H28N2O. The second-order valence-electron chi connectivity index (χ2n) is 6.03. The van der Waals surface area contributed by atoms with Gasteiger partial charge in [-0.15, -0.1) is 0 Å². The lowest BCUT2D eigenvalue weighted by atomic mass is 9.85. The van der Waals surface area contributed by atoms with Crippen LogP contribution in [0.3, 0.4) is 0 Å².